The van der Waals surface area contributed by atoms with E-state index in [9.17, 15) is 15.0 Å². The Morgan fingerprint density at radius 1 is 1.36 bits per heavy atom. The molecule has 0 atom stereocenters. The average molecular weight is 304 g/mol. The number of ether oxygens (including phenoxy) is 1. The molecule has 0 spiro atoms. The number of hydrogen-bond acceptors (Lipinski definition) is 6. The molecule has 22 heavy (non-hydrogen) atoms. The van der Waals surface area contributed by atoms with Crippen LogP contribution in [0.5, 0.6) is 11.5 Å². The van der Waals surface area contributed by atoms with Crippen molar-refractivity contribution in [1.82, 2.24) is 0 Å². The summed E-state index contributed by atoms with van der Waals surface area (Å²) in [6.45, 7) is 1.05. The predicted molar refractivity (Wildman–Crippen MR) is 82.1 cm³/mol. The molecule has 2 aromatic rings. The van der Waals surface area contributed by atoms with Crippen molar-refractivity contribution < 1.29 is 24.5 Å². The van der Waals surface area contributed by atoms with Crippen molar-refractivity contribution in [2.75, 3.05) is 13.7 Å². The monoisotopic (exact) mass is 304 g/mol. The summed E-state index contributed by atoms with van der Waals surface area (Å²) >= 11 is 0. The first-order chi connectivity index (χ1) is 10.5. The molecule has 0 aliphatic carbocycles. The molecule has 0 unspecified atom stereocenters. The molecule has 0 saturated heterocycles. The van der Waals surface area contributed by atoms with E-state index in [4.69, 9.17) is 14.3 Å². The van der Waals surface area contributed by atoms with Crippen molar-refractivity contribution in [1.29, 1.82) is 0 Å². The van der Waals surface area contributed by atoms with Crippen LogP contribution in [0.1, 0.15) is 12.5 Å². The number of phenols is 1. The summed E-state index contributed by atoms with van der Waals surface area (Å²) < 4.78 is 10.4. The van der Waals surface area contributed by atoms with Gasteiger partial charge in [-0.2, -0.15) is 0 Å². The van der Waals surface area contributed by atoms with Crippen LogP contribution < -0.4 is 10.2 Å². The minimum Gasteiger partial charge on any atom is -0.513 e. The minimum atomic E-state index is -0.481. The summed E-state index contributed by atoms with van der Waals surface area (Å²) in [6.07, 6.45) is 3.96. The first-order valence-electron chi connectivity index (χ1n) is 6.48. The van der Waals surface area contributed by atoms with Crippen molar-refractivity contribution in [2.24, 2.45) is 0 Å². The maximum Gasteiger partial charge on any atom is 0.204 e. The fourth-order valence-corrected chi connectivity index (χ4v) is 2.00. The normalized spacial score (nSPS) is 12.7. The zero-order chi connectivity index (χ0) is 16.3. The van der Waals surface area contributed by atoms with Crippen LogP contribution in [0, 0.1) is 0 Å². The summed E-state index contributed by atoms with van der Waals surface area (Å²) in [4.78, 5) is 12.5. The van der Waals surface area contributed by atoms with Gasteiger partial charge in [-0.25, -0.2) is 0 Å². The molecule has 1 aromatic carbocycles. The molecular weight excluding hydrogens is 288 g/mol. The fraction of sp³-hybridized carbons (Fsp3) is 0.188. The zero-order valence-corrected chi connectivity index (χ0v) is 12.2. The number of benzene rings is 1. The highest BCUT2D eigenvalue weighted by Gasteiger charge is 2.15. The number of aliphatic hydroxyl groups excluding tert-OH is 2. The van der Waals surface area contributed by atoms with Gasteiger partial charge in [-0.15, -0.1) is 0 Å². The molecular formula is C16H16O6. The zero-order valence-electron chi connectivity index (χ0n) is 12.2. The van der Waals surface area contributed by atoms with E-state index in [1.807, 2.05) is 0 Å². The second kappa shape index (κ2) is 6.36. The Kier molecular flexibility index (Phi) is 4.53. The molecule has 0 saturated carbocycles. The number of rotatable bonds is 4. The molecule has 6 nitrogen and oxygen atoms in total. The van der Waals surface area contributed by atoms with E-state index >= 15 is 0 Å². The van der Waals surface area contributed by atoms with E-state index in [1.54, 1.807) is 0 Å². The Labute approximate surface area is 126 Å². The van der Waals surface area contributed by atoms with Crippen LogP contribution in [-0.4, -0.2) is 29.0 Å². The number of fused-ring (bicyclic) bond motifs is 1. The summed E-state index contributed by atoms with van der Waals surface area (Å²) in [5, 5.41) is 28.6. The summed E-state index contributed by atoms with van der Waals surface area (Å²) in [6, 6.07) is 2.80. The molecule has 0 fully saturated rings. The second-order valence-corrected chi connectivity index (χ2v) is 4.66. The average Bonchev–Trinajstić information content (AvgIpc) is 2.48. The fourth-order valence-electron chi connectivity index (χ4n) is 2.00. The van der Waals surface area contributed by atoms with Gasteiger partial charge in [-0.1, -0.05) is 6.08 Å². The van der Waals surface area contributed by atoms with Crippen LogP contribution in [0.15, 0.2) is 45.5 Å². The highest BCUT2D eigenvalue weighted by Crippen LogP contribution is 2.29. The second-order valence-electron chi connectivity index (χ2n) is 4.66. The molecule has 3 N–H and O–H groups in total. The third-order valence-electron chi connectivity index (χ3n) is 3.11. The summed E-state index contributed by atoms with van der Waals surface area (Å²) in [5.41, 5.74) is 0.0645. The van der Waals surface area contributed by atoms with Gasteiger partial charge in [0.05, 0.1) is 25.0 Å². The molecule has 0 aliphatic heterocycles. The Hall–Kier alpha value is -2.73. The summed E-state index contributed by atoms with van der Waals surface area (Å²) in [7, 11) is 1.43. The van der Waals surface area contributed by atoms with Gasteiger partial charge in [0, 0.05) is 12.1 Å². The molecule has 1 aromatic heterocycles. The van der Waals surface area contributed by atoms with Gasteiger partial charge in [-0.3, -0.25) is 4.79 Å². The number of aromatic hydroxyl groups is 1. The van der Waals surface area contributed by atoms with Crippen molar-refractivity contribution in [3.8, 4) is 11.5 Å². The molecule has 1 heterocycles. The van der Waals surface area contributed by atoms with Crippen molar-refractivity contribution >= 4 is 16.5 Å². The Morgan fingerprint density at radius 3 is 2.68 bits per heavy atom. The molecule has 0 aliphatic rings. The van der Waals surface area contributed by atoms with Crippen LogP contribution in [0.4, 0.5) is 0 Å². The number of allylic oxidation sites excluding steroid dienone is 3. The van der Waals surface area contributed by atoms with Crippen LogP contribution in [0.2, 0.25) is 0 Å². The number of methoxy groups -OCH3 is 1. The van der Waals surface area contributed by atoms with Gasteiger partial charge in [0.2, 0.25) is 5.43 Å². The lowest BCUT2D eigenvalue weighted by atomic mass is 10.1. The minimum absolute atomic E-state index is 0.00218. The third kappa shape index (κ3) is 2.96. The molecule has 0 radical (unpaired) electrons. The lowest BCUT2D eigenvalue weighted by Crippen LogP contribution is -2.10. The van der Waals surface area contributed by atoms with E-state index in [-0.39, 0.29) is 33.6 Å². The van der Waals surface area contributed by atoms with E-state index in [2.05, 4.69) is 0 Å². The first kappa shape index (κ1) is 15.7. The maximum atomic E-state index is 12.5. The van der Waals surface area contributed by atoms with Crippen molar-refractivity contribution in [2.45, 2.75) is 6.92 Å². The Morgan fingerprint density at radius 2 is 2.09 bits per heavy atom. The highest BCUT2D eigenvalue weighted by atomic mass is 16.5. The Balaban J connectivity index is 2.70. The van der Waals surface area contributed by atoms with E-state index in [0.717, 1.165) is 0 Å². The van der Waals surface area contributed by atoms with Gasteiger partial charge < -0.3 is 24.5 Å². The van der Waals surface area contributed by atoms with Gasteiger partial charge in [-0.05, 0) is 18.6 Å². The predicted octanol–water partition coefficient (Wildman–Crippen LogP) is 2.34. The topological polar surface area (TPSA) is 100 Å². The van der Waals surface area contributed by atoms with Crippen molar-refractivity contribution in [3.05, 3.63) is 52.1 Å². The number of phenolic OH excluding ortho intramolecular Hbond substituents is 1. The number of aliphatic hydroxyl groups is 2. The summed E-state index contributed by atoms with van der Waals surface area (Å²) in [5.74, 6) is 0.123. The lowest BCUT2D eigenvalue weighted by Gasteiger charge is -2.07. The highest BCUT2D eigenvalue weighted by molar-refractivity contribution is 5.87. The SMILES string of the molecule is COc1cc(O)c2c(=O)c(/C(=C/C=C(\C)O)CO)coc2c1. The van der Waals surface area contributed by atoms with E-state index in [1.165, 1.54) is 44.6 Å². The van der Waals surface area contributed by atoms with Gasteiger partial charge in [0.1, 0.15) is 28.7 Å². The van der Waals surface area contributed by atoms with Crippen LogP contribution in [-0.2, 0) is 0 Å². The first-order valence-corrected chi connectivity index (χ1v) is 6.48. The number of hydrogen-bond donors (Lipinski definition) is 3. The molecule has 0 bridgehead atoms. The van der Waals surface area contributed by atoms with E-state index < -0.39 is 12.0 Å². The van der Waals surface area contributed by atoms with Crippen LogP contribution >= 0.6 is 0 Å². The van der Waals surface area contributed by atoms with Crippen LogP contribution in [0.25, 0.3) is 16.5 Å². The third-order valence-corrected chi connectivity index (χ3v) is 3.11. The van der Waals surface area contributed by atoms with Gasteiger partial charge in [0.25, 0.3) is 0 Å². The Bertz CT molecular complexity index is 809. The molecule has 6 heteroatoms. The van der Waals surface area contributed by atoms with Gasteiger partial charge >= 0.3 is 0 Å². The molecule has 2 rings (SSSR count). The maximum absolute atomic E-state index is 12.5. The van der Waals surface area contributed by atoms with Crippen molar-refractivity contribution in [3.63, 3.8) is 0 Å². The lowest BCUT2D eigenvalue weighted by molar-refractivity contribution is 0.349. The largest absolute Gasteiger partial charge is 0.513 e. The smallest absolute Gasteiger partial charge is 0.204 e. The molecule has 0 amide bonds. The van der Waals surface area contributed by atoms with Crippen LogP contribution in [0.3, 0.4) is 0 Å². The van der Waals surface area contributed by atoms with Gasteiger partial charge in [0.15, 0.2) is 0 Å². The van der Waals surface area contributed by atoms with E-state index in [0.29, 0.717) is 5.75 Å². The molecule has 116 valence electrons. The quantitative estimate of drug-likeness (QED) is 0.592. The standard InChI is InChI=1S/C16H16O6/c1-9(18)3-4-10(7-17)12-8-22-14-6-11(21-2)5-13(19)15(14)16(12)20/h3-6,8,17-19H,7H2,1-2H3/b9-3+,10-4+.